The summed E-state index contributed by atoms with van der Waals surface area (Å²) in [7, 11) is 1.85. The SMILES string of the molecule is COC1CN(CCC(C)CCBr)CCC1C. The number of rotatable bonds is 6. The number of halogens is 1. The highest BCUT2D eigenvalue weighted by Gasteiger charge is 2.25. The Morgan fingerprint density at radius 2 is 2.19 bits per heavy atom. The third-order valence-corrected chi connectivity index (χ3v) is 4.27. The van der Waals surface area contributed by atoms with E-state index in [9.17, 15) is 0 Å². The molecule has 3 heteroatoms. The van der Waals surface area contributed by atoms with Gasteiger partial charge >= 0.3 is 0 Å². The van der Waals surface area contributed by atoms with E-state index in [4.69, 9.17) is 4.74 Å². The molecule has 1 fully saturated rings. The van der Waals surface area contributed by atoms with Crippen LogP contribution in [0.3, 0.4) is 0 Å². The molecule has 0 aromatic heterocycles. The molecule has 3 unspecified atom stereocenters. The summed E-state index contributed by atoms with van der Waals surface area (Å²) in [6, 6.07) is 0. The van der Waals surface area contributed by atoms with Crippen LogP contribution >= 0.6 is 15.9 Å². The summed E-state index contributed by atoms with van der Waals surface area (Å²) in [4.78, 5) is 2.57. The maximum absolute atomic E-state index is 5.54. The van der Waals surface area contributed by atoms with Crippen LogP contribution in [0.2, 0.25) is 0 Å². The summed E-state index contributed by atoms with van der Waals surface area (Å²) in [5, 5.41) is 1.13. The smallest absolute Gasteiger partial charge is 0.0724 e. The Kier molecular flexibility index (Phi) is 6.94. The monoisotopic (exact) mass is 291 g/mol. The highest BCUT2D eigenvalue weighted by Crippen LogP contribution is 2.20. The molecule has 1 aliphatic rings. The van der Waals surface area contributed by atoms with Crippen LogP contribution in [0.5, 0.6) is 0 Å². The van der Waals surface area contributed by atoms with Crippen LogP contribution in [0.15, 0.2) is 0 Å². The molecule has 1 saturated heterocycles. The van der Waals surface area contributed by atoms with Crippen molar-refractivity contribution in [2.24, 2.45) is 11.8 Å². The quantitative estimate of drug-likeness (QED) is 0.697. The number of hydrogen-bond donors (Lipinski definition) is 0. The molecule has 16 heavy (non-hydrogen) atoms. The number of nitrogens with zero attached hydrogens (tertiary/aromatic N) is 1. The van der Waals surface area contributed by atoms with Crippen molar-refractivity contribution in [1.29, 1.82) is 0 Å². The second-order valence-electron chi connectivity index (χ2n) is 5.21. The number of hydrogen-bond acceptors (Lipinski definition) is 2. The molecule has 0 spiro atoms. The summed E-state index contributed by atoms with van der Waals surface area (Å²) in [6.07, 6.45) is 4.33. The largest absolute Gasteiger partial charge is 0.380 e. The fraction of sp³-hybridized carbons (Fsp3) is 1.00. The fourth-order valence-electron chi connectivity index (χ4n) is 2.34. The van der Waals surface area contributed by atoms with Gasteiger partial charge in [-0.2, -0.15) is 0 Å². The molecule has 3 atom stereocenters. The van der Waals surface area contributed by atoms with E-state index in [-0.39, 0.29) is 0 Å². The average molecular weight is 292 g/mol. The van der Waals surface area contributed by atoms with Crippen molar-refractivity contribution in [3.8, 4) is 0 Å². The number of ether oxygens (including phenoxy) is 1. The van der Waals surface area contributed by atoms with E-state index in [0.717, 1.165) is 23.7 Å². The third kappa shape index (κ3) is 4.72. The topological polar surface area (TPSA) is 12.5 Å². The Bertz CT molecular complexity index is 189. The van der Waals surface area contributed by atoms with Crippen molar-refractivity contribution in [2.75, 3.05) is 32.1 Å². The van der Waals surface area contributed by atoms with Gasteiger partial charge in [-0.25, -0.2) is 0 Å². The summed E-state index contributed by atoms with van der Waals surface area (Å²) in [6.45, 7) is 8.27. The van der Waals surface area contributed by atoms with E-state index >= 15 is 0 Å². The van der Waals surface area contributed by atoms with Crippen LogP contribution in [0, 0.1) is 11.8 Å². The van der Waals surface area contributed by atoms with Crippen LogP contribution in [0.4, 0.5) is 0 Å². The Hall–Kier alpha value is 0.400. The number of methoxy groups -OCH3 is 1. The van der Waals surface area contributed by atoms with Crippen molar-refractivity contribution >= 4 is 15.9 Å². The first-order valence-corrected chi connectivity index (χ1v) is 7.60. The molecule has 0 radical (unpaired) electrons. The molecule has 0 aliphatic carbocycles. The van der Waals surface area contributed by atoms with Crippen molar-refractivity contribution < 1.29 is 4.74 Å². The summed E-state index contributed by atoms with van der Waals surface area (Å²) in [5.41, 5.74) is 0. The summed E-state index contributed by atoms with van der Waals surface area (Å²) >= 11 is 3.51. The Labute approximate surface area is 109 Å². The minimum Gasteiger partial charge on any atom is -0.380 e. The molecule has 0 aromatic rings. The molecule has 1 rings (SSSR count). The molecule has 2 nitrogen and oxygen atoms in total. The normalized spacial score (nSPS) is 29.2. The lowest BCUT2D eigenvalue weighted by molar-refractivity contribution is -0.00611. The highest BCUT2D eigenvalue weighted by molar-refractivity contribution is 9.09. The summed E-state index contributed by atoms with van der Waals surface area (Å²) < 4.78 is 5.54. The lowest BCUT2D eigenvalue weighted by atomic mass is 9.95. The molecule has 0 aromatic carbocycles. The van der Waals surface area contributed by atoms with Crippen molar-refractivity contribution in [1.82, 2.24) is 4.90 Å². The zero-order chi connectivity index (χ0) is 12.0. The molecule has 0 bridgehead atoms. The maximum atomic E-state index is 5.54. The van der Waals surface area contributed by atoms with Gasteiger partial charge in [0, 0.05) is 19.0 Å². The maximum Gasteiger partial charge on any atom is 0.0724 e. The van der Waals surface area contributed by atoms with Crippen molar-refractivity contribution in [2.45, 2.75) is 39.2 Å². The van der Waals surface area contributed by atoms with Crippen LogP contribution in [-0.4, -0.2) is 43.1 Å². The number of likely N-dealkylation sites (tertiary alicyclic amines) is 1. The second kappa shape index (κ2) is 7.67. The van der Waals surface area contributed by atoms with E-state index in [1.807, 2.05) is 7.11 Å². The molecule has 0 saturated carbocycles. The van der Waals surface area contributed by atoms with Gasteiger partial charge in [-0.05, 0) is 44.2 Å². The lowest BCUT2D eigenvalue weighted by Crippen LogP contribution is -2.44. The predicted octanol–water partition coefficient (Wildman–Crippen LogP) is 3.15. The molecule has 0 N–H and O–H groups in total. The molecule has 0 amide bonds. The zero-order valence-corrected chi connectivity index (χ0v) is 12.5. The second-order valence-corrected chi connectivity index (χ2v) is 6.01. The van der Waals surface area contributed by atoms with Gasteiger partial charge in [-0.15, -0.1) is 0 Å². The van der Waals surface area contributed by atoms with E-state index in [2.05, 4.69) is 34.7 Å². The van der Waals surface area contributed by atoms with Crippen LogP contribution < -0.4 is 0 Å². The predicted molar refractivity (Wildman–Crippen MR) is 73.2 cm³/mol. The molecule has 1 aliphatic heterocycles. The van der Waals surface area contributed by atoms with Gasteiger partial charge in [0.15, 0.2) is 0 Å². The molecule has 96 valence electrons. The van der Waals surface area contributed by atoms with Crippen molar-refractivity contribution in [3.05, 3.63) is 0 Å². The third-order valence-electron chi connectivity index (χ3n) is 3.82. The van der Waals surface area contributed by atoms with E-state index in [1.165, 1.54) is 32.4 Å². The summed E-state index contributed by atoms with van der Waals surface area (Å²) in [5.74, 6) is 1.56. The van der Waals surface area contributed by atoms with E-state index < -0.39 is 0 Å². The molecule has 1 heterocycles. The molecular formula is C13H26BrNO. The Morgan fingerprint density at radius 3 is 2.81 bits per heavy atom. The van der Waals surface area contributed by atoms with Gasteiger partial charge in [-0.1, -0.05) is 29.8 Å². The van der Waals surface area contributed by atoms with Gasteiger partial charge in [0.2, 0.25) is 0 Å². The number of piperidine rings is 1. The van der Waals surface area contributed by atoms with Gasteiger partial charge in [0.05, 0.1) is 6.10 Å². The van der Waals surface area contributed by atoms with E-state index in [0.29, 0.717) is 6.10 Å². The molecular weight excluding hydrogens is 266 g/mol. The highest BCUT2D eigenvalue weighted by atomic mass is 79.9. The first kappa shape index (κ1) is 14.5. The first-order chi connectivity index (χ1) is 7.67. The van der Waals surface area contributed by atoms with Crippen LogP contribution in [-0.2, 0) is 4.74 Å². The minimum absolute atomic E-state index is 0.445. The Morgan fingerprint density at radius 1 is 1.44 bits per heavy atom. The minimum atomic E-state index is 0.445. The van der Waals surface area contributed by atoms with Gasteiger partial charge in [0.25, 0.3) is 0 Å². The first-order valence-electron chi connectivity index (χ1n) is 6.48. The van der Waals surface area contributed by atoms with Crippen molar-refractivity contribution in [3.63, 3.8) is 0 Å². The van der Waals surface area contributed by atoms with Gasteiger partial charge < -0.3 is 9.64 Å². The average Bonchev–Trinajstić information content (AvgIpc) is 2.28. The lowest BCUT2D eigenvalue weighted by Gasteiger charge is -2.36. The number of alkyl halides is 1. The Balaban J connectivity index is 2.22. The zero-order valence-electron chi connectivity index (χ0n) is 10.9. The van der Waals surface area contributed by atoms with Gasteiger partial charge in [0.1, 0.15) is 0 Å². The fourth-order valence-corrected chi connectivity index (χ4v) is 3.12. The van der Waals surface area contributed by atoms with Crippen LogP contribution in [0.25, 0.3) is 0 Å². The van der Waals surface area contributed by atoms with Crippen LogP contribution in [0.1, 0.15) is 33.1 Å². The standard InChI is InChI=1S/C13H26BrNO/c1-11(4-7-14)5-8-15-9-6-12(2)13(10-15)16-3/h11-13H,4-10H2,1-3H3. The van der Waals surface area contributed by atoms with Gasteiger partial charge in [-0.3, -0.25) is 0 Å². The van der Waals surface area contributed by atoms with E-state index in [1.54, 1.807) is 0 Å².